The Labute approximate surface area is 162 Å². The Bertz CT molecular complexity index is 935. The van der Waals surface area contributed by atoms with Crippen LogP contribution in [0.25, 0.3) is 11.5 Å². The van der Waals surface area contributed by atoms with Crippen LogP contribution in [0.15, 0.2) is 35.0 Å². The van der Waals surface area contributed by atoms with E-state index < -0.39 is 0 Å². The van der Waals surface area contributed by atoms with E-state index in [0.717, 1.165) is 25.1 Å². The summed E-state index contributed by atoms with van der Waals surface area (Å²) in [6.45, 7) is 6.00. The smallest absolute Gasteiger partial charge is 0.276 e. The van der Waals surface area contributed by atoms with E-state index >= 15 is 0 Å². The molecule has 1 fully saturated rings. The standard InChI is InChI=1S/C19H23N7O2/c1-13(2)17-10-16(23-28-17)19(27)25-9-5-6-14(11-25)12-26-22-18(21-24-26)15-7-3-4-8-20-15/h3-4,7-8,10,13-14H,5-6,9,11-12H2,1-2H3/t14-/m0/s1. The number of carbonyl (C=O) groups excluding carboxylic acids is 1. The van der Waals surface area contributed by atoms with Crippen molar-refractivity contribution in [2.45, 2.75) is 39.2 Å². The predicted octanol–water partition coefficient (Wildman–Crippen LogP) is 2.40. The van der Waals surface area contributed by atoms with Gasteiger partial charge in [-0.1, -0.05) is 25.1 Å². The molecule has 1 saturated heterocycles. The summed E-state index contributed by atoms with van der Waals surface area (Å²) in [6.07, 6.45) is 3.66. The summed E-state index contributed by atoms with van der Waals surface area (Å²) >= 11 is 0. The first-order valence-corrected chi connectivity index (χ1v) is 9.55. The largest absolute Gasteiger partial charge is 0.360 e. The molecule has 9 nitrogen and oxygen atoms in total. The Morgan fingerprint density at radius 2 is 2.25 bits per heavy atom. The minimum absolute atomic E-state index is 0.0823. The lowest BCUT2D eigenvalue weighted by Crippen LogP contribution is -2.41. The van der Waals surface area contributed by atoms with Crippen LogP contribution in [0.3, 0.4) is 0 Å². The van der Waals surface area contributed by atoms with Gasteiger partial charge in [0.15, 0.2) is 5.69 Å². The molecule has 28 heavy (non-hydrogen) atoms. The van der Waals surface area contributed by atoms with Crippen molar-refractivity contribution in [1.29, 1.82) is 0 Å². The monoisotopic (exact) mass is 381 g/mol. The van der Waals surface area contributed by atoms with Crippen molar-refractivity contribution in [3.05, 3.63) is 41.9 Å². The molecule has 3 aromatic heterocycles. The van der Waals surface area contributed by atoms with E-state index in [-0.39, 0.29) is 17.7 Å². The first-order chi connectivity index (χ1) is 13.6. The molecule has 0 bridgehead atoms. The number of tetrazole rings is 1. The fourth-order valence-corrected chi connectivity index (χ4v) is 3.37. The Morgan fingerprint density at radius 1 is 1.36 bits per heavy atom. The molecule has 4 rings (SSSR count). The maximum Gasteiger partial charge on any atom is 0.276 e. The van der Waals surface area contributed by atoms with Crippen LogP contribution in [0.1, 0.15) is 48.9 Å². The second-order valence-corrected chi connectivity index (χ2v) is 7.41. The van der Waals surface area contributed by atoms with Crippen LogP contribution in [0.2, 0.25) is 0 Å². The molecular formula is C19H23N7O2. The molecule has 0 aromatic carbocycles. The lowest BCUT2D eigenvalue weighted by atomic mass is 9.98. The van der Waals surface area contributed by atoms with E-state index in [2.05, 4.69) is 25.6 Å². The van der Waals surface area contributed by atoms with Gasteiger partial charge in [-0.3, -0.25) is 9.78 Å². The molecule has 1 atom stereocenters. The van der Waals surface area contributed by atoms with Crippen molar-refractivity contribution < 1.29 is 9.32 Å². The highest BCUT2D eigenvalue weighted by Crippen LogP contribution is 2.21. The molecule has 0 unspecified atom stereocenters. The Balaban J connectivity index is 1.40. The first kappa shape index (κ1) is 18.3. The quantitative estimate of drug-likeness (QED) is 0.668. The maximum absolute atomic E-state index is 12.8. The number of pyridine rings is 1. The van der Waals surface area contributed by atoms with E-state index in [1.165, 1.54) is 0 Å². The van der Waals surface area contributed by atoms with Gasteiger partial charge in [0.1, 0.15) is 11.5 Å². The molecule has 0 N–H and O–H groups in total. The van der Waals surface area contributed by atoms with Crippen molar-refractivity contribution in [3.8, 4) is 11.5 Å². The highest BCUT2D eigenvalue weighted by atomic mass is 16.5. The van der Waals surface area contributed by atoms with Crippen LogP contribution in [-0.2, 0) is 6.54 Å². The van der Waals surface area contributed by atoms with Gasteiger partial charge < -0.3 is 9.42 Å². The summed E-state index contributed by atoms with van der Waals surface area (Å²) in [7, 11) is 0. The molecule has 1 amide bonds. The summed E-state index contributed by atoms with van der Waals surface area (Å²) in [6, 6.07) is 7.34. The average Bonchev–Trinajstić information content (AvgIpc) is 3.38. The number of hydrogen-bond donors (Lipinski definition) is 0. The van der Waals surface area contributed by atoms with Crippen molar-refractivity contribution in [3.63, 3.8) is 0 Å². The SMILES string of the molecule is CC(C)c1cc(C(=O)N2CCC[C@H](Cn3nnc(-c4ccccn4)n3)C2)no1. The van der Waals surface area contributed by atoms with E-state index in [1.807, 2.05) is 36.9 Å². The van der Waals surface area contributed by atoms with Crippen LogP contribution in [0.4, 0.5) is 0 Å². The molecule has 146 valence electrons. The molecule has 1 aliphatic heterocycles. The highest BCUT2D eigenvalue weighted by molar-refractivity contribution is 5.92. The summed E-state index contributed by atoms with van der Waals surface area (Å²) < 4.78 is 5.27. The summed E-state index contributed by atoms with van der Waals surface area (Å²) in [5.41, 5.74) is 1.07. The lowest BCUT2D eigenvalue weighted by Gasteiger charge is -2.31. The fourth-order valence-electron chi connectivity index (χ4n) is 3.37. The number of hydrogen-bond acceptors (Lipinski definition) is 7. The van der Waals surface area contributed by atoms with Crippen molar-refractivity contribution in [2.75, 3.05) is 13.1 Å². The van der Waals surface area contributed by atoms with E-state index in [9.17, 15) is 4.79 Å². The summed E-state index contributed by atoms with van der Waals surface area (Å²) in [5.74, 6) is 1.62. The van der Waals surface area contributed by atoms with Gasteiger partial charge in [-0.2, -0.15) is 4.80 Å². The zero-order valence-electron chi connectivity index (χ0n) is 16.0. The number of likely N-dealkylation sites (tertiary alicyclic amines) is 1. The van der Waals surface area contributed by atoms with Gasteiger partial charge >= 0.3 is 0 Å². The number of rotatable bonds is 5. The fraction of sp³-hybridized carbons (Fsp3) is 0.474. The molecule has 0 spiro atoms. The average molecular weight is 381 g/mol. The molecule has 0 saturated carbocycles. The van der Waals surface area contributed by atoms with Crippen LogP contribution in [0.5, 0.6) is 0 Å². The van der Waals surface area contributed by atoms with Crippen molar-refractivity contribution in [2.24, 2.45) is 5.92 Å². The van der Waals surface area contributed by atoms with E-state index in [0.29, 0.717) is 30.3 Å². The lowest BCUT2D eigenvalue weighted by molar-refractivity contribution is 0.0645. The van der Waals surface area contributed by atoms with Gasteiger partial charge in [0.25, 0.3) is 5.91 Å². The molecule has 9 heteroatoms. The predicted molar refractivity (Wildman–Crippen MR) is 100 cm³/mol. The van der Waals surface area contributed by atoms with Gasteiger partial charge in [-0.15, -0.1) is 10.2 Å². The third-order valence-corrected chi connectivity index (χ3v) is 4.89. The minimum atomic E-state index is -0.0823. The van der Waals surface area contributed by atoms with Gasteiger partial charge in [0, 0.05) is 31.3 Å². The highest BCUT2D eigenvalue weighted by Gasteiger charge is 2.27. The van der Waals surface area contributed by atoms with Crippen molar-refractivity contribution in [1.82, 2.24) is 35.2 Å². The minimum Gasteiger partial charge on any atom is -0.360 e. The van der Waals surface area contributed by atoms with E-state index in [1.54, 1.807) is 17.1 Å². The van der Waals surface area contributed by atoms with Crippen LogP contribution < -0.4 is 0 Å². The second-order valence-electron chi connectivity index (χ2n) is 7.41. The molecule has 0 aliphatic carbocycles. The first-order valence-electron chi connectivity index (χ1n) is 9.55. The van der Waals surface area contributed by atoms with Crippen molar-refractivity contribution >= 4 is 5.91 Å². The zero-order chi connectivity index (χ0) is 19.5. The Hall–Kier alpha value is -3.10. The second kappa shape index (κ2) is 7.87. The van der Waals surface area contributed by atoms with Crippen LogP contribution in [-0.4, -0.2) is 54.2 Å². The number of amides is 1. The van der Waals surface area contributed by atoms with Gasteiger partial charge in [-0.25, -0.2) is 0 Å². The van der Waals surface area contributed by atoms with Gasteiger partial charge in [-0.05, 0) is 36.1 Å². The maximum atomic E-state index is 12.8. The number of piperidine rings is 1. The summed E-state index contributed by atoms with van der Waals surface area (Å²) in [4.78, 5) is 20.4. The molecular weight excluding hydrogens is 358 g/mol. The normalized spacial score (nSPS) is 17.2. The third-order valence-electron chi connectivity index (χ3n) is 4.89. The molecule has 3 aromatic rings. The Morgan fingerprint density at radius 3 is 3.00 bits per heavy atom. The number of nitrogens with zero attached hydrogens (tertiary/aromatic N) is 7. The Kier molecular flexibility index (Phi) is 5.14. The molecule has 0 radical (unpaired) electrons. The zero-order valence-corrected chi connectivity index (χ0v) is 16.0. The van der Waals surface area contributed by atoms with Crippen LogP contribution >= 0.6 is 0 Å². The topological polar surface area (TPSA) is 103 Å². The van der Waals surface area contributed by atoms with Gasteiger partial charge in [0.05, 0.1) is 6.54 Å². The molecule has 4 heterocycles. The number of carbonyl (C=O) groups is 1. The van der Waals surface area contributed by atoms with Gasteiger partial charge in [0.2, 0.25) is 5.82 Å². The third kappa shape index (κ3) is 3.92. The number of aromatic nitrogens is 6. The molecule has 1 aliphatic rings. The van der Waals surface area contributed by atoms with E-state index in [4.69, 9.17) is 4.52 Å². The summed E-state index contributed by atoms with van der Waals surface area (Å²) in [5, 5.41) is 16.6. The van der Waals surface area contributed by atoms with Crippen LogP contribution in [0, 0.1) is 5.92 Å².